The molecule has 460 valence electrons. The molecule has 0 bridgehead atoms. The van der Waals surface area contributed by atoms with Gasteiger partial charge < -0.3 is 4.74 Å². The molecule has 4 heterocycles. The molecular weight excluding hydrogens is 1210 g/mol. The lowest BCUT2D eigenvalue weighted by molar-refractivity contribution is 0.0347. The van der Waals surface area contributed by atoms with Gasteiger partial charge in [-0.2, -0.15) is 38.0 Å². The molecular formula is C64H66F6N6O7S4. The first-order valence-corrected chi connectivity index (χ1v) is 32.8. The van der Waals surface area contributed by atoms with Crippen LogP contribution in [0.25, 0.3) is 17.5 Å². The summed E-state index contributed by atoms with van der Waals surface area (Å²) >= 11 is 3.33. The first-order valence-electron chi connectivity index (χ1n) is 27.1. The van der Waals surface area contributed by atoms with Crippen molar-refractivity contribution in [3.05, 3.63) is 242 Å². The van der Waals surface area contributed by atoms with Gasteiger partial charge in [0, 0.05) is 69.6 Å². The third-order valence-corrected chi connectivity index (χ3v) is 18.4. The molecule has 2 aliphatic heterocycles. The lowest BCUT2D eigenvalue weighted by Crippen LogP contribution is -2.41. The van der Waals surface area contributed by atoms with Crippen LogP contribution in [0, 0.1) is 34.9 Å². The third kappa shape index (κ3) is 17.4. The Labute approximate surface area is 512 Å². The fourth-order valence-electron chi connectivity index (χ4n) is 9.89. The van der Waals surface area contributed by atoms with E-state index in [0.29, 0.717) is 42.1 Å². The van der Waals surface area contributed by atoms with Gasteiger partial charge >= 0.3 is 6.09 Å². The quantitative estimate of drug-likeness (QED) is 0.0768. The molecule has 23 heteroatoms. The summed E-state index contributed by atoms with van der Waals surface area (Å²) < 4.78 is 144. The largest absolute Gasteiger partial charge is 0.443 e. The number of thioether (sulfide) groups is 2. The molecule has 0 spiro atoms. The van der Waals surface area contributed by atoms with Gasteiger partial charge in [0.1, 0.15) is 45.9 Å². The van der Waals surface area contributed by atoms with E-state index in [-0.39, 0.29) is 48.0 Å². The minimum Gasteiger partial charge on any atom is -0.443 e. The smallest absolute Gasteiger partial charge is 0.424 e. The molecule has 8 aromatic rings. The second-order valence-corrected chi connectivity index (χ2v) is 27.0. The predicted octanol–water partition coefficient (Wildman–Crippen LogP) is 14.8. The summed E-state index contributed by atoms with van der Waals surface area (Å²) in [6.45, 7) is 8.49. The number of hydrogen-bond acceptors (Lipinski definition) is 11. The number of fused-ring (bicyclic) bond motifs is 2. The van der Waals surface area contributed by atoms with Crippen molar-refractivity contribution in [3.8, 4) is 11.4 Å². The van der Waals surface area contributed by atoms with Gasteiger partial charge in [-0.15, -0.1) is 0 Å². The lowest BCUT2D eigenvalue weighted by Gasteiger charge is -2.30. The fourth-order valence-corrected chi connectivity index (χ4v) is 14.3. The zero-order valence-corrected chi connectivity index (χ0v) is 50.9. The van der Waals surface area contributed by atoms with Crippen LogP contribution in [0.5, 0.6) is 0 Å². The van der Waals surface area contributed by atoms with Gasteiger partial charge in [0.05, 0.1) is 29.4 Å². The molecule has 2 unspecified atom stereocenters. The second kappa shape index (κ2) is 29.0. The van der Waals surface area contributed by atoms with Gasteiger partial charge in [0.2, 0.25) is 20.0 Å². The maximum atomic E-state index is 14.9. The highest BCUT2D eigenvalue weighted by Crippen LogP contribution is 2.41. The number of benzene rings is 6. The Morgan fingerprint density at radius 1 is 0.655 bits per heavy atom. The van der Waals surface area contributed by atoms with E-state index >= 15 is 0 Å². The van der Waals surface area contributed by atoms with Crippen molar-refractivity contribution in [1.29, 1.82) is 0 Å². The molecule has 10 rings (SSSR count). The summed E-state index contributed by atoms with van der Waals surface area (Å²) in [5.74, 6) is -1.07. The molecule has 0 fully saturated rings. The second-order valence-electron chi connectivity index (χ2n) is 21.4. The van der Waals surface area contributed by atoms with Crippen LogP contribution < -0.4 is 4.72 Å². The van der Waals surface area contributed by atoms with Crippen molar-refractivity contribution >= 4 is 62.0 Å². The molecule has 1 N–H and O–H groups in total. The van der Waals surface area contributed by atoms with Gasteiger partial charge in [0.25, 0.3) is 0 Å². The molecule has 0 saturated heterocycles. The first kappa shape index (κ1) is 67.1. The van der Waals surface area contributed by atoms with E-state index in [1.165, 1.54) is 57.9 Å². The van der Waals surface area contributed by atoms with Crippen LogP contribution in [0.3, 0.4) is 0 Å². The maximum Gasteiger partial charge on any atom is 0.424 e. The Morgan fingerprint density at radius 2 is 1.08 bits per heavy atom. The van der Waals surface area contributed by atoms with Crippen LogP contribution in [0.4, 0.5) is 31.1 Å². The van der Waals surface area contributed by atoms with E-state index < -0.39 is 67.1 Å². The van der Waals surface area contributed by atoms with Crippen molar-refractivity contribution in [1.82, 2.24) is 28.6 Å². The number of aldehydes is 1. The minimum absolute atomic E-state index is 0. The van der Waals surface area contributed by atoms with E-state index in [2.05, 4.69) is 14.9 Å². The van der Waals surface area contributed by atoms with Gasteiger partial charge in [-0.3, -0.25) is 4.79 Å². The number of carbonyl (C=O) groups excluding carboxylic acids is 2. The Kier molecular flexibility index (Phi) is 22.4. The molecule has 87 heavy (non-hydrogen) atoms. The average molecular weight is 1270 g/mol. The van der Waals surface area contributed by atoms with Crippen LogP contribution in [0.2, 0.25) is 0 Å². The number of ether oxygens (including phenoxy) is 1. The van der Waals surface area contributed by atoms with E-state index in [9.17, 15) is 52.8 Å². The molecule has 13 nitrogen and oxygen atoms in total. The normalized spacial score (nSPS) is 15.5. The first-order chi connectivity index (χ1) is 40.8. The van der Waals surface area contributed by atoms with Gasteiger partial charge in [-0.25, -0.2) is 62.1 Å². The number of amides is 1. The van der Waals surface area contributed by atoms with Crippen LogP contribution in [0.15, 0.2) is 151 Å². The zero-order chi connectivity index (χ0) is 62.1. The lowest BCUT2D eigenvalue weighted by atomic mass is 9.94. The third-order valence-electron chi connectivity index (χ3n) is 13.8. The van der Waals surface area contributed by atoms with Gasteiger partial charge in [0.15, 0.2) is 17.9 Å². The highest BCUT2D eigenvalue weighted by molar-refractivity contribution is 7.98. The Hall–Kier alpha value is -7.44. The van der Waals surface area contributed by atoms with Crippen LogP contribution in [-0.4, -0.2) is 76.4 Å². The van der Waals surface area contributed by atoms with Crippen molar-refractivity contribution in [2.24, 2.45) is 0 Å². The van der Waals surface area contributed by atoms with Gasteiger partial charge in [-0.1, -0.05) is 92.4 Å². The summed E-state index contributed by atoms with van der Waals surface area (Å²) in [5, 5.41) is 9.95. The molecule has 1 amide bonds. The molecule has 0 aliphatic carbocycles. The number of rotatable bonds is 15. The number of halogens is 6. The maximum absolute atomic E-state index is 14.9. The van der Waals surface area contributed by atoms with Crippen LogP contribution in [0.1, 0.15) is 127 Å². The molecule has 0 radical (unpaired) electrons. The number of nitrogens with one attached hydrogen (secondary N) is 1. The van der Waals surface area contributed by atoms with Crippen LogP contribution in [-0.2, 0) is 49.1 Å². The van der Waals surface area contributed by atoms with E-state index in [4.69, 9.17) is 4.74 Å². The number of sulfonamides is 2. The van der Waals surface area contributed by atoms with Crippen molar-refractivity contribution in [2.75, 3.05) is 17.8 Å². The Bertz CT molecular complexity index is 3940. The summed E-state index contributed by atoms with van der Waals surface area (Å²) in [7, 11) is -7.56. The zero-order valence-electron chi connectivity index (χ0n) is 47.6. The van der Waals surface area contributed by atoms with Crippen LogP contribution >= 0.6 is 23.5 Å². The molecule has 2 aliphatic rings. The van der Waals surface area contributed by atoms with Crippen molar-refractivity contribution < 1.29 is 57.5 Å². The van der Waals surface area contributed by atoms with Crippen molar-refractivity contribution in [2.45, 2.75) is 95.9 Å². The SMILES string of the molecule is C.C[C@@H](c1ccccc1)N(C(=O)OC(C)(C)C)S(C)(=O)=O.C[C@H](NS(=O)(=O)/C=C/c1nn(-c2ccc(F)cc2F)c2c1CSCC2Cc1ccc(F)cc1)c1ccccc1.O=Cc1nn(-c2ccc(F)cc2F)c2c1CSCC2Cc1ccc(F)cc1. The molecule has 4 atom stereocenters. The van der Waals surface area contributed by atoms with E-state index in [1.807, 2.05) is 36.4 Å². The number of hydrogen-bond donors (Lipinski definition) is 1. The van der Waals surface area contributed by atoms with Crippen molar-refractivity contribution in [3.63, 3.8) is 0 Å². The molecule has 2 aromatic heterocycles. The number of nitrogens with zero attached hydrogens (tertiary/aromatic N) is 5. The minimum atomic E-state index is -3.83. The summed E-state index contributed by atoms with van der Waals surface area (Å²) in [4.78, 5) is 23.6. The van der Waals surface area contributed by atoms with E-state index in [0.717, 1.165) is 84.7 Å². The Balaban J connectivity index is 0.000000197. The summed E-state index contributed by atoms with van der Waals surface area (Å²) in [5.41, 5.74) is 6.52. The van der Waals surface area contributed by atoms with Gasteiger partial charge in [-0.05, 0) is 124 Å². The summed E-state index contributed by atoms with van der Waals surface area (Å²) in [6, 6.07) is 36.1. The topological polar surface area (TPSA) is 163 Å². The monoisotopic (exact) mass is 1270 g/mol. The molecule has 0 saturated carbocycles. The number of carbonyl (C=O) groups is 2. The fraction of sp³-hybridized carbons (Fsp3) is 0.281. The summed E-state index contributed by atoms with van der Waals surface area (Å²) in [6.07, 6.45) is 3.36. The average Bonchev–Trinajstić information content (AvgIpc) is 1.70. The Morgan fingerprint density at radius 3 is 1.51 bits per heavy atom. The van der Waals surface area contributed by atoms with E-state index in [1.54, 1.807) is 107 Å². The molecule has 6 aromatic carbocycles. The highest BCUT2D eigenvalue weighted by atomic mass is 32.2. The predicted molar refractivity (Wildman–Crippen MR) is 331 cm³/mol. The highest BCUT2D eigenvalue weighted by Gasteiger charge is 2.35. The standard InChI is InChI=1S/C29H26F3N3O2S2.C20H15F3N2OS.C14H21NO4S.CH4/c1-19(21-5-3-2-4-6-21)34-39(36,37)14-13-27-25-18-38-17-22(15-20-7-9-23(30)10-8-20)29(25)35(33-27)28-12-11-24(31)16-26(28)32;21-14-3-1-12(2-4-14)7-13-10-27-11-16-18(9-26)24-25(20(13)16)19-6-5-15(22)8-17(19)23;1-11(12-9-7-6-8-10-12)15(20(5,17)18)13(16)19-14(2,3)4;/h2-14,16,19,22,34H,15,17-18H2,1H3;1-6,8-9,13H,7,10-11H2;6-11H,1-5H3;1H4/b14-13+;;;/t19-,22?;;11-;/m0.0./s1. The number of aromatic nitrogens is 4.